The molecule has 0 amide bonds. The Kier molecular flexibility index (Phi) is 30.8. The summed E-state index contributed by atoms with van der Waals surface area (Å²) in [4.78, 5) is 4.70. The summed E-state index contributed by atoms with van der Waals surface area (Å²) in [6.45, 7) is 10.1. The topological polar surface area (TPSA) is 362 Å². The number of aromatic nitrogens is 8. The predicted molar refractivity (Wildman–Crippen MR) is 460 cm³/mol. The van der Waals surface area contributed by atoms with Gasteiger partial charge in [-0.15, -0.1) is 0 Å². The van der Waals surface area contributed by atoms with Crippen molar-refractivity contribution in [2.24, 2.45) is 20.6 Å². The van der Waals surface area contributed by atoms with Crippen molar-refractivity contribution in [3.05, 3.63) is 306 Å². The van der Waals surface area contributed by atoms with Gasteiger partial charge in [-0.3, -0.25) is 9.80 Å². The van der Waals surface area contributed by atoms with Crippen molar-refractivity contribution in [3.63, 3.8) is 0 Å². The number of rotatable bonds is 27. The van der Waals surface area contributed by atoms with Crippen molar-refractivity contribution in [2.75, 3.05) is 33.7 Å². The number of halogens is 7. The minimum absolute atomic E-state index is 0.0538. The van der Waals surface area contributed by atoms with Crippen molar-refractivity contribution in [1.82, 2.24) is 53.8 Å². The number of hydrogen-bond donors (Lipinski definition) is 6. The number of nitrogens with zero attached hydrogens (tertiary/aromatic N) is 11. The Morgan fingerprint density at radius 3 is 1.18 bits per heavy atom. The zero-order chi connectivity index (χ0) is 89.0. The number of unbranched alkanes of at least 4 members (excludes halogenated alkanes) is 1. The fourth-order valence-electron chi connectivity index (χ4n) is 14.7. The molecule has 1 saturated heterocycles. The van der Waals surface area contributed by atoms with Gasteiger partial charge in [-0.05, 0) is 192 Å². The summed E-state index contributed by atoms with van der Waals surface area (Å²) >= 11 is 3.37. The van der Waals surface area contributed by atoms with E-state index in [1.165, 1.54) is 62.6 Å². The summed E-state index contributed by atoms with van der Waals surface area (Å²) in [5.74, 6) is -5.71. The summed E-state index contributed by atoms with van der Waals surface area (Å²) in [7, 11) is -12.0. The molecular weight excluding hydrogens is 1740 g/mol. The summed E-state index contributed by atoms with van der Waals surface area (Å²) in [5, 5.41) is 58.2. The van der Waals surface area contributed by atoms with Crippen LogP contribution in [0.25, 0.3) is 22.7 Å². The average molecular weight is 1840 g/mol. The molecular formula is C87H98BrF6N15O10S4. The molecule has 5 heterocycles. The van der Waals surface area contributed by atoms with Crippen molar-refractivity contribution < 1.29 is 70.2 Å². The number of aliphatic hydroxyl groups is 2. The minimum atomic E-state index is -4.06. The van der Waals surface area contributed by atoms with Crippen LogP contribution in [0.3, 0.4) is 0 Å². The average Bonchev–Trinajstić information content (AvgIpc) is 1.63. The summed E-state index contributed by atoms with van der Waals surface area (Å²) in [6.07, 6.45) is 7.47. The first-order chi connectivity index (χ1) is 58.1. The molecule has 1 saturated carbocycles. The lowest BCUT2D eigenvalue weighted by Crippen LogP contribution is -2.42. The summed E-state index contributed by atoms with van der Waals surface area (Å²) in [6, 6.07) is 53.1. The van der Waals surface area contributed by atoms with Crippen molar-refractivity contribution in [1.29, 1.82) is 0 Å². The third kappa shape index (κ3) is 25.7. The van der Waals surface area contributed by atoms with Crippen molar-refractivity contribution in [3.8, 4) is 22.7 Å². The fraction of sp³-hybridized carbons (Fsp3) is 0.310. The molecule has 8 aromatic carbocycles. The van der Waals surface area contributed by atoms with Crippen LogP contribution >= 0.6 is 15.9 Å². The molecule has 123 heavy (non-hydrogen) atoms. The van der Waals surface area contributed by atoms with Gasteiger partial charge in [-0.2, -0.15) is 20.4 Å². The predicted octanol–water partition coefficient (Wildman–Crippen LogP) is 13.0. The summed E-state index contributed by atoms with van der Waals surface area (Å²) in [5.41, 5.74) is 13.3. The van der Waals surface area contributed by atoms with Crippen LogP contribution in [0.1, 0.15) is 136 Å². The van der Waals surface area contributed by atoms with Gasteiger partial charge in [0.25, 0.3) is 5.92 Å². The molecule has 2 fully saturated rings. The lowest BCUT2D eigenvalue weighted by molar-refractivity contribution is 0.0113. The quantitative estimate of drug-likeness (QED) is 0.0260. The van der Waals surface area contributed by atoms with Crippen LogP contribution in [0, 0.1) is 44.0 Å². The number of likely N-dealkylation sites (tertiary alicyclic amines) is 1. The number of aryl methyl sites for hydroxylation is 3. The maximum Gasteiger partial charge on any atom is 0.261 e. The number of primary sulfonamides is 4. The first-order valence-electron chi connectivity index (χ1n) is 39.4. The monoisotopic (exact) mass is 1830 g/mol. The SMILES string of the molecule is CCCCN(C)Cc1cc(Cc2cccc(C)c2)n(-c2ccc(S(N)(=O)=O)cc2F)n1.Cc1cccc(Cc2cc(CN(C)C3CCCCC3O)nn2-c2ccc(S(N)(=O)=O)cc2F)c1.Cc1cccc(Cc2cc(CN3CCC(F)(F)C3)nn2-c2ccc(S(N)(=O)=O)cc2F)c1.NS(=O)(=O)c1ccc(-n2nc(CO)cc2Cc2ccc(Br)cc2)c(F)c1. The fourth-order valence-corrected chi connectivity index (χ4v) is 17.1. The molecule has 1 aliphatic carbocycles. The second kappa shape index (κ2) is 40.4. The number of sulfonamides is 4. The second-order valence-corrected chi connectivity index (χ2v) is 38.2. The summed E-state index contributed by atoms with van der Waals surface area (Å²) < 4.78 is 186. The largest absolute Gasteiger partial charge is 0.391 e. The van der Waals surface area contributed by atoms with Crippen LogP contribution in [0.2, 0.25) is 0 Å². The lowest BCUT2D eigenvalue weighted by atomic mass is 9.91. The van der Waals surface area contributed by atoms with Gasteiger partial charge in [0.2, 0.25) is 40.1 Å². The molecule has 12 aromatic rings. The highest BCUT2D eigenvalue weighted by atomic mass is 79.9. The molecule has 10 N–H and O–H groups in total. The van der Waals surface area contributed by atoms with Crippen LogP contribution in [0.5, 0.6) is 0 Å². The first-order valence-corrected chi connectivity index (χ1v) is 46.4. The molecule has 36 heteroatoms. The van der Waals surface area contributed by atoms with Crippen LogP contribution in [0.15, 0.2) is 218 Å². The van der Waals surface area contributed by atoms with E-state index in [9.17, 15) is 65.8 Å². The van der Waals surface area contributed by atoms with Crippen LogP contribution in [-0.2, 0) is 92.0 Å². The maximum absolute atomic E-state index is 15.0. The van der Waals surface area contributed by atoms with Gasteiger partial charge in [-0.1, -0.05) is 144 Å². The molecule has 0 bridgehead atoms. The van der Waals surface area contributed by atoms with E-state index in [0.717, 1.165) is 136 Å². The van der Waals surface area contributed by atoms with E-state index in [4.69, 9.17) is 20.6 Å². The Hall–Kier alpha value is -9.90. The highest BCUT2D eigenvalue weighted by Gasteiger charge is 2.39. The van der Waals surface area contributed by atoms with E-state index in [2.05, 4.69) is 65.2 Å². The molecule has 0 radical (unpaired) electrons. The van der Waals surface area contributed by atoms with E-state index in [0.29, 0.717) is 61.5 Å². The third-order valence-electron chi connectivity index (χ3n) is 20.7. The van der Waals surface area contributed by atoms with E-state index in [-0.39, 0.29) is 87.1 Å². The zero-order valence-corrected chi connectivity index (χ0v) is 73.4. The number of alkyl halides is 2. The maximum atomic E-state index is 15.0. The minimum Gasteiger partial charge on any atom is -0.391 e. The van der Waals surface area contributed by atoms with E-state index in [1.807, 2.05) is 132 Å². The van der Waals surface area contributed by atoms with Crippen molar-refractivity contribution in [2.45, 2.75) is 162 Å². The number of likely N-dealkylation sites (N-methyl/N-ethyl adjacent to an activating group) is 1. The van der Waals surface area contributed by atoms with E-state index >= 15 is 4.39 Å². The van der Waals surface area contributed by atoms with Gasteiger partial charge >= 0.3 is 0 Å². The van der Waals surface area contributed by atoms with Crippen LogP contribution < -0.4 is 20.6 Å². The van der Waals surface area contributed by atoms with Gasteiger partial charge < -0.3 is 15.1 Å². The number of benzene rings is 8. The molecule has 2 unspecified atom stereocenters. The molecule has 0 spiro atoms. The third-order valence-corrected chi connectivity index (χ3v) is 24.9. The number of aliphatic hydroxyl groups excluding tert-OH is 2. The Morgan fingerprint density at radius 2 is 0.829 bits per heavy atom. The second-order valence-electron chi connectivity index (χ2n) is 31.0. The van der Waals surface area contributed by atoms with Crippen LogP contribution in [0.4, 0.5) is 26.3 Å². The Morgan fingerprint density at radius 1 is 0.472 bits per heavy atom. The normalized spacial score (nSPS) is 15.0. The van der Waals surface area contributed by atoms with Gasteiger partial charge in [0.05, 0.1) is 61.6 Å². The zero-order valence-electron chi connectivity index (χ0n) is 68.5. The van der Waals surface area contributed by atoms with Gasteiger partial charge in [-0.25, -0.2) is 99.3 Å². The van der Waals surface area contributed by atoms with E-state index < -0.39 is 69.3 Å². The van der Waals surface area contributed by atoms with Crippen molar-refractivity contribution >= 4 is 56.0 Å². The highest BCUT2D eigenvalue weighted by Crippen LogP contribution is 2.32. The molecule has 654 valence electrons. The van der Waals surface area contributed by atoms with Crippen LogP contribution in [-0.4, -0.2) is 150 Å². The Bertz CT molecular complexity index is 6240. The molecule has 2 aliphatic rings. The molecule has 1 aliphatic heterocycles. The standard InChI is InChI=1S/C25H31FN4O3S.C23H29FN4O2S.C22H23F3N4O2S.C17H15BrFN3O3S/c1-17-6-5-7-18(12-17)13-20-14-19(16-29(2)24-8-3-4-9-25(24)31)28-30(20)23-11-10-21(15-22(23)26)34(27,32)33;1-4-5-11-27(3)16-19-14-20(13-18-8-6-7-17(2)12-18)28(26-19)23-10-9-21(15-22(23)24)31(25,29)30;1-15-3-2-4-16(9-15)10-18-11-17(13-28-8-7-22(24,25)14-28)27-29(18)21-6-5-19(12-20(21)23)32(26,30)31;18-12-3-1-11(2-4-12)7-14-8-13(10-23)21-22(14)17-6-5-15(9-16(17)19)26(20,24)25/h5-7,10-12,14-15,24-25,31H,3-4,8-9,13,16H2,1-2H3,(H2,27,32,33);6-10,12,14-15H,4-5,11,13,16H2,1-3H3,(H2,25,29,30);2-6,9,11-12H,7-8,10,13-14H2,1H3,(H2,26,30,31);1-6,8-9,23H,7,10H2,(H2,20,24,25). The van der Waals surface area contributed by atoms with Gasteiger partial charge in [0.1, 0.15) is 46.0 Å². The van der Waals surface area contributed by atoms with Gasteiger partial charge in [0, 0.05) is 91.6 Å². The number of hydrogen-bond acceptors (Lipinski definition) is 17. The molecule has 4 aromatic heterocycles. The first kappa shape index (κ1) is 93.8. The Labute approximate surface area is 720 Å². The van der Waals surface area contributed by atoms with Gasteiger partial charge in [0.15, 0.2) is 0 Å². The lowest BCUT2D eigenvalue weighted by Gasteiger charge is -2.34. The van der Waals surface area contributed by atoms with E-state index in [1.54, 1.807) is 21.7 Å². The molecule has 14 rings (SSSR count). The molecule has 2 atom stereocenters. The highest BCUT2D eigenvalue weighted by molar-refractivity contribution is 9.10. The number of nitrogens with two attached hydrogens (primary N) is 4. The Balaban J connectivity index is 0.000000160. The molecule has 25 nitrogen and oxygen atoms in total. The smallest absolute Gasteiger partial charge is 0.261 e.